The summed E-state index contributed by atoms with van der Waals surface area (Å²) in [7, 11) is 0. The molecule has 0 fully saturated rings. The van der Waals surface area contributed by atoms with Crippen molar-refractivity contribution in [3.05, 3.63) is 139 Å². The zero-order valence-corrected chi connectivity index (χ0v) is 26.5. The lowest BCUT2D eigenvalue weighted by atomic mass is 9.88. The number of fused-ring (bicyclic) bond motifs is 1. The molecular formula is C35H30ClN5O3S. The summed E-state index contributed by atoms with van der Waals surface area (Å²) < 4.78 is 6.19. The number of hydrogen-bond donors (Lipinski definition) is 0. The van der Waals surface area contributed by atoms with Gasteiger partial charge in [-0.15, -0.1) is 0 Å². The average Bonchev–Trinajstić information content (AvgIpc) is 3.66. The summed E-state index contributed by atoms with van der Waals surface area (Å²) in [6.07, 6.45) is 13.7. The monoisotopic (exact) mass is 635 g/mol. The number of carbonyl (C=O) groups is 2. The summed E-state index contributed by atoms with van der Waals surface area (Å²) in [5.74, 6) is -1.09. The number of anilines is 1. The van der Waals surface area contributed by atoms with Crippen LogP contribution in [0.4, 0.5) is 5.69 Å². The second-order valence-corrected chi connectivity index (χ2v) is 12.3. The predicted molar refractivity (Wildman–Crippen MR) is 176 cm³/mol. The molecule has 3 aliphatic heterocycles. The van der Waals surface area contributed by atoms with E-state index in [0.29, 0.717) is 23.4 Å². The first-order chi connectivity index (χ1) is 21.7. The average molecular weight is 636 g/mol. The zero-order chi connectivity index (χ0) is 32.1. The van der Waals surface area contributed by atoms with E-state index < -0.39 is 5.60 Å². The van der Waals surface area contributed by atoms with Gasteiger partial charge in [-0.2, -0.15) is 9.69 Å². The van der Waals surface area contributed by atoms with Gasteiger partial charge in [-0.05, 0) is 75.3 Å². The van der Waals surface area contributed by atoms with Crippen molar-refractivity contribution in [3.63, 3.8) is 0 Å². The lowest BCUT2D eigenvalue weighted by Crippen LogP contribution is -2.33. The molecule has 0 saturated carbocycles. The molecule has 0 radical (unpaired) electrons. The zero-order valence-electron chi connectivity index (χ0n) is 25.0. The van der Waals surface area contributed by atoms with E-state index in [9.17, 15) is 9.59 Å². The molecule has 1 aliphatic carbocycles. The number of thioether (sulfide) groups is 1. The fourth-order valence-corrected chi connectivity index (χ4v) is 7.27. The van der Waals surface area contributed by atoms with E-state index in [1.54, 1.807) is 24.8 Å². The topological polar surface area (TPSA) is 62.9 Å². The van der Waals surface area contributed by atoms with Gasteiger partial charge in [0, 0.05) is 40.7 Å². The van der Waals surface area contributed by atoms with Crippen molar-refractivity contribution in [2.75, 3.05) is 18.0 Å². The number of halogens is 1. The molecule has 1 unspecified atom stereocenters. The second kappa shape index (κ2) is 13.5. The molecule has 0 aromatic heterocycles. The second-order valence-electron chi connectivity index (χ2n) is 10.9. The van der Waals surface area contributed by atoms with Crippen LogP contribution >= 0.6 is 23.4 Å². The van der Waals surface area contributed by atoms with Crippen LogP contribution in [0.25, 0.3) is 14.5 Å². The highest BCUT2D eigenvalue weighted by molar-refractivity contribution is 8.03. The Bertz CT molecular complexity index is 1780. The lowest BCUT2D eigenvalue weighted by Gasteiger charge is -2.28. The molecule has 1 aromatic carbocycles. The number of rotatable bonds is 8. The van der Waals surface area contributed by atoms with Gasteiger partial charge in [0.15, 0.2) is 0 Å². The van der Waals surface area contributed by atoms with Crippen LogP contribution in [0.15, 0.2) is 110 Å². The third-order valence-electron chi connectivity index (χ3n) is 8.12. The van der Waals surface area contributed by atoms with E-state index in [0.717, 1.165) is 46.9 Å². The third kappa shape index (κ3) is 6.26. The molecule has 45 heavy (non-hydrogen) atoms. The summed E-state index contributed by atoms with van der Waals surface area (Å²) in [6, 6.07) is 8.35. The first-order valence-electron chi connectivity index (χ1n) is 14.6. The summed E-state index contributed by atoms with van der Waals surface area (Å²) in [6.45, 7) is 27.8. The third-order valence-corrected chi connectivity index (χ3v) is 9.73. The van der Waals surface area contributed by atoms with Crippen LogP contribution in [-0.4, -0.2) is 35.4 Å². The highest BCUT2D eigenvalue weighted by Gasteiger charge is 2.44. The molecule has 8 nitrogen and oxygen atoms in total. The summed E-state index contributed by atoms with van der Waals surface area (Å²) in [5, 5.41) is 1.81. The van der Waals surface area contributed by atoms with Crippen molar-refractivity contribution in [3.8, 4) is 0 Å². The number of amides is 2. The van der Waals surface area contributed by atoms with Crippen LogP contribution in [0.3, 0.4) is 0 Å². The first-order valence-corrected chi connectivity index (χ1v) is 15.8. The van der Waals surface area contributed by atoms with Gasteiger partial charge in [-0.1, -0.05) is 53.7 Å². The normalized spacial score (nSPS) is 22.9. The summed E-state index contributed by atoms with van der Waals surface area (Å²) in [5.41, 5.74) is 2.74. The van der Waals surface area contributed by atoms with Crippen molar-refractivity contribution in [1.29, 1.82) is 0 Å². The van der Waals surface area contributed by atoms with E-state index in [1.165, 1.54) is 22.7 Å². The van der Waals surface area contributed by atoms with Crippen LogP contribution in [0, 0.1) is 19.7 Å². The molecule has 1 atom stereocenters. The molecule has 1 aromatic rings. The molecule has 10 heteroatoms. The summed E-state index contributed by atoms with van der Waals surface area (Å²) >= 11 is 8.71. The Labute approximate surface area is 272 Å². The number of ether oxygens (including phenoxy) is 1. The number of hydrogen-bond acceptors (Lipinski definition) is 5. The molecule has 5 rings (SSSR count). The Morgan fingerprint density at radius 3 is 2.49 bits per heavy atom. The highest BCUT2D eigenvalue weighted by atomic mass is 35.5. The van der Waals surface area contributed by atoms with Gasteiger partial charge >= 0.3 is 5.82 Å². The largest absolute Gasteiger partial charge is 0.550 e. The predicted octanol–water partition coefficient (Wildman–Crippen LogP) is 8.29. The molecule has 3 heterocycles. The van der Waals surface area contributed by atoms with Crippen LogP contribution < -0.4 is 4.90 Å². The fourth-order valence-electron chi connectivity index (χ4n) is 5.82. The van der Waals surface area contributed by atoms with Crippen molar-refractivity contribution in [2.45, 2.75) is 56.4 Å². The van der Waals surface area contributed by atoms with Crippen LogP contribution in [0.2, 0.25) is 0 Å². The number of para-hydroxylation sites is 1. The van der Waals surface area contributed by atoms with Gasteiger partial charge < -0.3 is 9.64 Å². The van der Waals surface area contributed by atoms with E-state index in [4.69, 9.17) is 36.1 Å². The van der Waals surface area contributed by atoms with Crippen molar-refractivity contribution in [2.24, 2.45) is 0 Å². The van der Waals surface area contributed by atoms with Crippen molar-refractivity contribution < 1.29 is 14.3 Å². The molecule has 0 bridgehead atoms. The molecule has 4 aliphatic rings. The van der Waals surface area contributed by atoms with Gasteiger partial charge in [-0.3, -0.25) is 14.5 Å². The quantitative estimate of drug-likeness (QED) is 0.212. The van der Waals surface area contributed by atoms with Crippen LogP contribution in [0.5, 0.6) is 0 Å². The SMILES string of the molecule is [C-]#[N+]C([N+]#[C-])=C1OC(C)(CCCN2C(=O)C=CC2=O)C(/C=C/C2=C(Cl)C(=C/C=C3/Sc4ccccc4N3CC)/CCC2)=C1[N+]#[C-]. The maximum Gasteiger partial charge on any atom is 0.550 e. The van der Waals surface area contributed by atoms with E-state index >= 15 is 0 Å². The molecule has 226 valence electrons. The van der Waals surface area contributed by atoms with Gasteiger partial charge in [0.25, 0.3) is 11.8 Å². The Morgan fingerprint density at radius 2 is 1.80 bits per heavy atom. The van der Waals surface area contributed by atoms with Gasteiger partial charge in [-0.25, -0.2) is 4.85 Å². The Kier molecular flexibility index (Phi) is 9.49. The van der Waals surface area contributed by atoms with Gasteiger partial charge in [0.1, 0.15) is 18.7 Å². The number of nitrogens with zero attached hydrogens (tertiary/aromatic N) is 5. The summed E-state index contributed by atoms with van der Waals surface area (Å²) in [4.78, 5) is 39.0. The van der Waals surface area contributed by atoms with Crippen molar-refractivity contribution >= 4 is 40.9 Å². The number of carbonyl (C=O) groups excluding carboxylic acids is 2. The van der Waals surface area contributed by atoms with Crippen LogP contribution in [-0.2, 0) is 14.3 Å². The number of imide groups is 1. The van der Waals surface area contributed by atoms with E-state index in [2.05, 4.69) is 50.6 Å². The standard InChI is InChI=1S/C35H30ClN5O3S/c1-6-40-26-13-7-8-14-27(26)45-30(40)20-16-24-12-9-11-23(31(24)36)15-17-25-32(37-3)33(34(38-4)39-5)44-35(25,2)21-10-22-41-28(42)18-19-29(41)43/h7-8,13-20H,6,9-12,21-22H2,1-2H3/b17-15+,24-16+,30-20+. The first kappa shape index (κ1) is 31.7. The minimum absolute atomic E-state index is 0.0430. The van der Waals surface area contributed by atoms with E-state index in [-0.39, 0.29) is 35.6 Å². The molecule has 0 spiro atoms. The van der Waals surface area contributed by atoms with E-state index in [1.807, 2.05) is 18.2 Å². The maximum atomic E-state index is 12.0. The number of benzene rings is 1. The molecule has 0 saturated heterocycles. The number of allylic oxidation sites excluding steroid dienone is 6. The van der Waals surface area contributed by atoms with Gasteiger partial charge in [0.05, 0.1) is 17.3 Å². The van der Waals surface area contributed by atoms with Crippen molar-refractivity contribution in [1.82, 2.24) is 4.90 Å². The smallest absolute Gasteiger partial charge is 0.499 e. The molecular weight excluding hydrogens is 606 g/mol. The van der Waals surface area contributed by atoms with Crippen LogP contribution in [0.1, 0.15) is 46.0 Å². The fraction of sp³-hybridized carbons (Fsp3) is 0.286. The Morgan fingerprint density at radius 1 is 1.07 bits per heavy atom. The Hall–Kier alpha value is -4.75. The Balaban J connectivity index is 1.43. The molecule has 0 N–H and O–H groups in total. The highest BCUT2D eigenvalue weighted by Crippen LogP contribution is 2.47. The minimum Gasteiger partial charge on any atom is -0.499 e. The lowest BCUT2D eigenvalue weighted by molar-refractivity contribution is -0.137. The minimum atomic E-state index is -1.06. The van der Waals surface area contributed by atoms with Gasteiger partial charge in [0.2, 0.25) is 11.5 Å². The maximum absolute atomic E-state index is 12.0. The molecule has 2 amide bonds.